The Hall–Kier alpha value is -1.91. The molecule has 0 aliphatic carbocycles. The Morgan fingerprint density at radius 3 is 2.44 bits per heavy atom. The van der Waals surface area contributed by atoms with Crippen molar-refractivity contribution >= 4 is 17.5 Å². The summed E-state index contributed by atoms with van der Waals surface area (Å²) < 4.78 is 0. The fourth-order valence-electron chi connectivity index (χ4n) is 1.66. The molecule has 1 aromatic rings. The Morgan fingerprint density at radius 2 is 2.00 bits per heavy atom. The van der Waals surface area contributed by atoms with Crippen molar-refractivity contribution < 1.29 is 9.59 Å². The number of nitrogens with zero attached hydrogens (tertiary/aromatic N) is 1. The lowest BCUT2D eigenvalue weighted by Gasteiger charge is -2.29. The van der Waals surface area contributed by atoms with Crippen LogP contribution in [0.25, 0.3) is 0 Å². The van der Waals surface area contributed by atoms with Crippen LogP contribution in [0.15, 0.2) is 24.5 Å². The van der Waals surface area contributed by atoms with Gasteiger partial charge in [0.25, 0.3) is 0 Å². The molecular formula is C13H19N3O2. The number of ketones is 1. The van der Waals surface area contributed by atoms with E-state index in [1.165, 1.54) is 6.92 Å². The standard InChI is InChI=1S/C13H19N3O2/c1-9(17)11(13(2,3)4)16-12(18)15-10-6-5-7-14-8-10/h5-8,11H,1-4H3,(H2,15,16,18). The molecule has 1 heterocycles. The normalized spacial score (nSPS) is 12.7. The molecule has 5 heteroatoms. The molecule has 1 aromatic heterocycles. The van der Waals surface area contributed by atoms with Crippen molar-refractivity contribution in [2.45, 2.75) is 33.7 Å². The predicted octanol–water partition coefficient (Wildman–Crippen LogP) is 2.21. The second-order valence-electron chi connectivity index (χ2n) is 5.25. The van der Waals surface area contributed by atoms with Gasteiger partial charge in [0.05, 0.1) is 17.9 Å². The molecule has 1 unspecified atom stereocenters. The molecule has 98 valence electrons. The molecule has 0 spiro atoms. The molecule has 0 aliphatic heterocycles. The fraction of sp³-hybridized carbons (Fsp3) is 0.462. The van der Waals surface area contributed by atoms with Crippen LogP contribution in [-0.4, -0.2) is 22.8 Å². The maximum Gasteiger partial charge on any atom is 0.319 e. The first-order chi connectivity index (χ1) is 8.30. The molecule has 18 heavy (non-hydrogen) atoms. The lowest BCUT2D eigenvalue weighted by molar-refractivity contribution is -0.120. The molecular weight excluding hydrogens is 230 g/mol. The first-order valence-corrected chi connectivity index (χ1v) is 5.78. The number of rotatable bonds is 3. The molecule has 0 aliphatic rings. The molecule has 0 radical (unpaired) electrons. The quantitative estimate of drug-likeness (QED) is 0.862. The molecule has 5 nitrogen and oxygen atoms in total. The van der Waals surface area contributed by atoms with Gasteiger partial charge in [0.15, 0.2) is 5.78 Å². The summed E-state index contributed by atoms with van der Waals surface area (Å²) in [7, 11) is 0. The van der Waals surface area contributed by atoms with Crippen LogP contribution in [-0.2, 0) is 4.79 Å². The summed E-state index contributed by atoms with van der Waals surface area (Å²) in [4.78, 5) is 27.2. The highest BCUT2D eigenvalue weighted by molar-refractivity contribution is 5.93. The van der Waals surface area contributed by atoms with E-state index in [0.29, 0.717) is 5.69 Å². The van der Waals surface area contributed by atoms with Gasteiger partial charge < -0.3 is 10.6 Å². The third-order valence-corrected chi connectivity index (χ3v) is 2.47. The van der Waals surface area contributed by atoms with Crippen LogP contribution in [0.1, 0.15) is 27.7 Å². The SMILES string of the molecule is CC(=O)C(NC(=O)Nc1cccnc1)C(C)(C)C. The second kappa shape index (κ2) is 5.62. The summed E-state index contributed by atoms with van der Waals surface area (Å²) in [6.07, 6.45) is 3.16. The number of aromatic nitrogens is 1. The number of nitrogens with one attached hydrogen (secondary N) is 2. The van der Waals surface area contributed by atoms with Crippen molar-refractivity contribution in [3.63, 3.8) is 0 Å². The molecule has 1 rings (SSSR count). The minimum atomic E-state index is -0.519. The van der Waals surface area contributed by atoms with Gasteiger partial charge in [0.2, 0.25) is 0 Å². The summed E-state index contributed by atoms with van der Waals surface area (Å²) in [5.41, 5.74) is 0.268. The number of anilines is 1. The summed E-state index contributed by atoms with van der Waals surface area (Å²) in [6, 6.07) is 2.53. The van der Waals surface area contributed by atoms with Gasteiger partial charge in [-0.2, -0.15) is 0 Å². The van der Waals surface area contributed by atoms with Crippen LogP contribution in [0.4, 0.5) is 10.5 Å². The molecule has 0 saturated heterocycles. The van der Waals surface area contributed by atoms with E-state index in [2.05, 4.69) is 15.6 Å². The van der Waals surface area contributed by atoms with E-state index in [9.17, 15) is 9.59 Å². The van der Waals surface area contributed by atoms with E-state index in [0.717, 1.165) is 0 Å². The molecule has 0 fully saturated rings. The molecule has 0 aromatic carbocycles. The van der Waals surface area contributed by atoms with Crippen molar-refractivity contribution in [3.05, 3.63) is 24.5 Å². The zero-order chi connectivity index (χ0) is 13.8. The summed E-state index contributed by atoms with van der Waals surface area (Å²) in [5, 5.41) is 5.31. The van der Waals surface area contributed by atoms with Crippen LogP contribution in [0.3, 0.4) is 0 Å². The molecule has 2 amide bonds. The third kappa shape index (κ3) is 4.16. The molecule has 0 saturated carbocycles. The summed E-state index contributed by atoms with van der Waals surface area (Å²) in [6.45, 7) is 7.19. The van der Waals surface area contributed by atoms with Crippen molar-refractivity contribution in [2.24, 2.45) is 5.41 Å². The predicted molar refractivity (Wildman–Crippen MR) is 70.3 cm³/mol. The Morgan fingerprint density at radius 1 is 1.33 bits per heavy atom. The Bertz CT molecular complexity index is 424. The van der Waals surface area contributed by atoms with Crippen LogP contribution < -0.4 is 10.6 Å². The van der Waals surface area contributed by atoms with Crippen molar-refractivity contribution in [3.8, 4) is 0 Å². The number of hydrogen-bond donors (Lipinski definition) is 2. The molecule has 0 bridgehead atoms. The van der Waals surface area contributed by atoms with Gasteiger partial charge >= 0.3 is 6.03 Å². The number of pyridine rings is 1. The van der Waals surface area contributed by atoms with E-state index in [4.69, 9.17) is 0 Å². The third-order valence-electron chi connectivity index (χ3n) is 2.47. The smallest absolute Gasteiger partial charge is 0.319 e. The van der Waals surface area contributed by atoms with Gasteiger partial charge in [-0.15, -0.1) is 0 Å². The van der Waals surface area contributed by atoms with Crippen molar-refractivity contribution in [2.75, 3.05) is 5.32 Å². The lowest BCUT2D eigenvalue weighted by Crippen LogP contribution is -2.49. The average Bonchev–Trinajstić information content (AvgIpc) is 2.25. The van der Waals surface area contributed by atoms with E-state index in [1.807, 2.05) is 20.8 Å². The van der Waals surface area contributed by atoms with Gasteiger partial charge in [-0.1, -0.05) is 20.8 Å². The van der Waals surface area contributed by atoms with Crippen molar-refractivity contribution in [1.82, 2.24) is 10.3 Å². The van der Waals surface area contributed by atoms with Crippen LogP contribution in [0.5, 0.6) is 0 Å². The fourth-order valence-corrected chi connectivity index (χ4v) is 1.66. The average molecular weight is 249 g/mol. The summed E-state index contributed by atoms with van der Waals surface area (Å²) in [5.74, 6) is -0.0659. The Kier molecular flexibility index (Phi) is 4.42. The van der Waals surface area contributed by atoms with Crippen LogP contribution >= 0.6 is 0 Å². The first-order valence-electron chi connectivity index (χ1n) is 5.78. The van der Waals surface area contributed by atoms with Gasteiger partial charge in [-0.3, -0.25) is 9.78 Å². The van der Waals surface area contributed by atoms with Gasteiger partial charge in [0.1, 0.15) is 0 Å². The van der Waals surface area contributed by atoms with E-state index >= 15 is 0 Å². The maximum absolute atomic E-state index is 11.8. The topological polar surface area (TPSA) is 71.1 Å². The highest BCUT2D eigenvalue weighted by atomic mass is 16.2. The summed E-state index contributed by atoms with van der Waals surface area (Å²) >= 11 is 0. The Balaban J connectivity index is 2.66. The van der Waals surface area contributed by atoms with E-state index in [1.54, 1.807) is 24.5 Å². The number of hydrogen-bond acceptors (Lipinski definition) is 3. The highest BCUT2D eigenvalue weighted by Crippen LogP contribution is 2.20. The van der Waals surface area contributed by atoms with Crippen LogP contribution in [0.2, 0.25) is 0 Å². The van der Waals surface area contributed by atoms with Gasteiger partial charge in [0, 0.05) is 6.20 Å². The number of amides is 2. The van der Waals surface area contributed by atoms with Gasteiger partial charge in [-0.05, 0) is 24.5 Å². The Labute approximate surface area is 107 Å². The van der Waals surface area contributed by atoms with E-state index < -0.39 is 12.1 Å². The maximum atomic E-state index is 11.8. The largest absolute Gasteiger partial charge is 0.328 e. The van der Waals surface area contributed by atoms with Gasteiger partial charge in [-0.25, -0.2) is 4.79 Å². The zero-order valence-electron chi connectivity index (χ0n) is 11.2. The van der Waals surface area contributed by atoms with E-state index in [-0.39, 0.29) is 11.2 Å². The lowest BCUT2D eigenvalue weighted by atomic mass is 9.84. The van der Waals surface area contributed by atoms with Crippen LogP contribution in [0, 0.1) is 5.41 Å². The minimum Gasteiger partial charge on any atom is -0.328 e. The molecule has 1 atom stereocenters. The number of urea groups is 1. The number of Topliss-reactive ketones (excluding diaryl/α,β-unsaturated/α-hetero) is 1. The van der Waals surface area contributed by atoms with Crippen molar-refractivity contribution in [1.29, 1.82) is 0 Å². The first kappa shape index (κ1) is 14.2. The number of carbonyl (C=O) groups is 2. The second-order valence-corrected chi connectivity index (χ2v) is 5.25. The minimum absolute atomic E-state index is 0.0659. The number of carbonyl (C=O) groups excluding carboxylic acids is 2. The molecule has 2 N–H and O–H groups in total. The highest BCUT2D eigenvalue weighted by Gasteiger charge is 2.29. The monoisotopic (exact) mass is 249 g/mol. The zero-order valence-corrected chi connectivity index (χ0v) is 11.2.